The number of carbonyl (C=O) groups excluding carboxylic acids is 1. The van der Waals surface area contributed by atoms with Crippen LogP contribution in [0.1, 0.15) is 11.1 Å². The van der Waals surface area contributed by atoms with Gasteiger partial charge in [0.25, 0.3) is 0 Å². The summed E-state index contributed by atoms with van der Waals surface area (Å²) in [4.78, 5) is 11.3. The van der Waals surface area contributed by atoms with Crippen LogP contribution in [0.5, 0.6) is 0 Å². The van der Waals surface area contributed by atoms with Crippen molar-refractivity contribution in [3.63, 3.8) is 0 Å². The third-order valence-electron chi connectivity index (χ3n) is 2.51. The second kappa shape index (κ2) is 3.66. The first-order chi connectivity index (χ1) is 6.81. The topological polar surface area (TPSA) is 26.3 Å². The number of rotatable bonds is 1. The number of methoxy groups -OCH3 is 1. The van der Waals surface area contributed by atoms with E-state index < -0.39 is 0 Å². The van der Waals surface area contributed by atoms with Crippen molar-refractivity contribution in [3.8, 4) is 0 Å². The number of esters is 1. The lowest BCUT2D eigenvalue weighted by atomic mass is 9.90. The molecule has 0 fully saturated rings. The number of hydrogen-bond acceptors (Lipinski definition) is 2. The standard InChI is InChI=1S/C12H12O2/c1-14-12(13)11-7-6-9-4-2-3-5-10(9)8-11/h2-7,11H,8H2,1H3. The van der Waals surface area contributed by atoms with E-state index in [1.165, 1.54) is 18.2 Å². The summed E-state index contributed by atoms with van der Waals surface area (Å²) < 4.78 is 4.71. The van der Waals surface area contributed by atoms with E-state index in [1.54, 1.807) is 0 Å². The summed E-state index contributed by atoms with van der Waals surface area (Å²) in [6.45, 7) is 0. The Kier molecular flexibility index (Phi) is 2.35. The van der Waals surface area contributed by atoms with Gasteiger partial charge in [-0.3, -0.25) is 4.79 Å². The van der Waals surface area contributed by atoms with Crippen LogP contribution in [0.15, 0.2) is 30.3 Å². The zero-order valence-corrected chi connectivity index (χ0v) is 8.07. The van der Waals surface area contributed by atoms with Crippen molar-refractivity contribution < 1.29 is 9.53 Å². The number of carbonyl (C=O) groups is 1. The minimum Gasteiger partial charge on any atom is -0.469 e. The predicted octanol–water partition coefficient (Wildman–Crippen LogP) is 2.05. The fourth-order valence-corrected chi connectivity index (χ4v) is 1.72. The number of benzene rings is 1. The Labute approximate surface area is 83.2 Å². The summed E-state index contributed by atoms with van der Waals surface area (Å²) >= 11 is 0. The van der Waals surface area contributed by atoms with Crippen LogP contribution >= 0.6 is 0 Å². The van der Waals surface area contributed by atoms with Crippen molar-refractivity contribution in [1.29, 1.82) is 0 Å². The molecule has 72 valence electrons. The van der Waals surface area contributed by atoms with Crippen molar-refractivity contribution >= 4 is 12.0 Å². The highest BCUT2D eigenvalue weighted by atomic mass is 16.5. The van der Waals surface area contributed by atoms with Crippen LogP contribution in [0.3, 0.4) is 0 Å². The van der Waals surface area contributed by atoms with Crippen LogP contribution in [0.25, 0.3) is 6.08 Å². The van der Waals surface area contributed by atoms with Gasteiger partial charge >= 0.3 is 5.97 Å². The summed E-state index contributed by atoms with van der Waals surface area (Å²) in [5.41, 5.74) is 2.41. The molecule has 0 amide bonds. The van der Waals surface area contributed by atoms with Gasteiger partial charge in [-0.2, -0.15) is 0 Å². The van der Waals surface area contributed by atoms with Crippen molar-refractivity contribution in [2.24, 2.45) is 5.92 Å². The molecular weight excluding hydrogens is 176 g/mol. The highest BCUT2D eigenvalue weighted by Crippen LogP contribution is 2.23. The second-order valence-corrected chi connectivity index (χ2v) is 3.39. The molecule has 2 rings (SSSR count). The average molecular weight is 188 g/mol. The van der Waals surface area contributed by atoms with Gasteiger partial charge in [0.2, 0.25) is 0 Å². The quantitative estimate of drug-likeness (QED) is 0.630. The normalized spacial score (nSPS) is 18.8. The number of fused-ring (bicyclic) bond motifs is 1. The van der Waals surface area contributed by atoms with Gasteiger partial charge in [0.05, 0.1) is 13.0 Å². The van der Waals surface area contributed by atoms with E-state index in [9.17, 15) is 4.79 Å². The second-order valence-electron chi connectivity index (χ2n) is 3.39. The minimum absolute atomic E-state index is 0.116. The van der Waals surface area contributed by atoms with E-state index in [0.29, 0.717) is 0 Å². The van der Waals surface area contributed by atoms with E-state index in [1.807, 2.05) is 24.3 Å². The van der Waals surface area contributed by atoms with E-state index in [-0.39, 0.29) is 11.9 Å². The first kappa shape index (κ1) is 9.00. The van der Waals surface area contributed by atoms with Crippen LogP contribution < -0.4 is 0 Å². The summed E-state index contributed by atoms with van der Waals surface area (Å²) in [6, 6.07) is 8.10. The van der Waals surface area contributed by atoms with Gasteiger partial charge in [0, 0.05) is 0 Å². The van der Waals surface area contributed by atoms with Gasteiger partial charge < -0.3 is 4.74 Å². The molecule has 0 saturated carbocycles. The highest BCUT2D eigenvalue weighted by molar-refractivity contribution is 5.78. The lowest BCUT2D eigenvalue weighted by Gasteiger charge is -2.16. The Morgan fingerprint density at radius 2 is 2.21 bits per heavy atom. The fraction of sp³-hybridized carbons (Fsp3) is 0.250. The molecule has 0 N–H and O–H groups in total. The van der Waals surface area contributed by atoms with Crippen LogP contribution in [-0.4, -0.2) is 13.1 Å². The summed E-state index contributed by atoms with van der Waals surface area (Å²) in [5.74, 6) is -0.273. The molecule has 1 aromatic rings. The van der Waals surface area contributed by atoms with Gasteiger partial charge in [-0.25, -0.2) is 0 Å². The van der Waals surface area contributed by atoms with Crippen LogP contribution in [0.2, 0.25) is 0 Å². The van der Waals surface area contributed by atoms with Crippen molar-refractivity contribution in [2.75, 3.05) is 7.11 Å². The number of ether oxygens (including phenoxy) is 1. The van der Waals surface area contributed by atoms with Crippen molar-refractivity contribution in [1.82, 2.24) is 0 Å². The molecule has 2 heteroatoms. The largest absolute Gasteiger partial charge is 0.469 e. The van der Waals surface area contributed by atoms with Gasteiger partial charge in [-0.15, -0.1) is 0 Å². The average Bonchev–Trinajstić information content (AvgIpc) is 2.27. The Hall–Kier alpha value is -1.57. The molecule has 1 aliphatic rings. The van der Waals surface area contributed by atoms with E-state index >= 15 is 0 Å². The predicted molar refractivity (Wildman–Crippen MR) is 54.7 cm³/mol. The molecule has 0 heterocycles. The van der Waals surface area contributed by atoms with Crippen LogP contribution in [0, 0.1) is 5.92 Å². The monoisotopic (exact) mass is 188 g/mol. The zero-order valence-electron chi connectivity index (χ0n) is 8.07. The maximum atomic E-state index is 11.3. The summed E-state index contributed by atoms with van der Waals surface area (Å²) in [6.07, 6.45) is 4.65. The molecular formula is C12H12O2. The zero-order chi connectivity index (χ0) is 9.97. The van der Waals surface area contributed by atoms with Gasteiger partial charge in [0.15, 0.2) is 0 Å². The third-order valence-corrected chi connectivity index (χ3v) is 2.51. The summed E-state index contributed by atoms with van der Waals surface area (Å²) in [7, 11) is 1.43. The molecule has 1 aromatic carbocycles. The molecule has 0 bridgehead atoms. The summed E-state index contributed by atoms with van der Waals surface area (Å²) in [5, 5.41) is 0. The van der Waals surface area contributed by atoms with Crippen LogP contribution in [-0.2, 0) is 16.0 Å². The van der Waals surface area contributed by atoms with E-state index in [0.717, 1.165) is 6.42 Å². The molecule has 0 aromatic heterocycles. The highest BCUT2D eigenvalue weighted by Gasteiger charge is 2.20. The SMILES string of the molecule is COC(=O)C1C=Cc2ccccc2C1. The molecule has 0 radical (unpaired) electrons. The smallest absolute Gasteiger partial charge is 0.312 e. The van der Waals surface area contributed by atoms with E-state index in [2.05, 4.69) is 12.1 Å². The van der Waals surface area contributed by atoms with Gasteiger partial charge in [-0.05, 0) is 17.5 Å². The first-order valence-corrected chi connectivity index (χ1v) is 4.65. The molecule has 1 atom stereocenters. The molecule has 0 spiro atoms. The van der Waals surface area contributed by atoms with Crippen molar-refractivity contribution in [3.05, 3.63) is 41.5 Å². The minimum atomic E-state index is -0.157. The molecule has 2 nitrogen and oxygen atoms in total. The van der Waals surface area contributed by atoms with E-state index in [4.69, 9.17) is 4.74 Å². The third kappa shape index (κ3) is 1.55. The Balaban J connectivity index is 2.25. The van der Waals surface area contributed by atoms with Gasteiger partial charge in [0.1, 0.15) is 0 Å². The molecule has 1 unspecified atom stereocenters. The molecule has 14 heavy (non-hydrogen) atoms. The van der Waals surface area contributed by atoms with Crippen LogP contribution in [0.4, 0.5) is 0 Å². The lowest BCUT2D eigenvalue weighted by molar-refractivity contribution is -0.143. The Morgan fingerprint density at radius 1 is 1.43 bits per heavy atom. The molecule has 0 saturated heterocycles. The fourth-order valence-electron chi connectivity index (χ4n) is 1.72. The first-order valence-electron chi connectivity index (χ1n) is 4.65. The maximum absolute atomic E-state index is 11.3. The van der Waals surface area contributed by atoms with Crippen molar-refractivity contribution in [2.45, 2.75) is 6.42 Å². The maximum Gasteiger partial charge on any atom is 0.312 e. The molecule has 0 aliphatic heterocycles. The lowest BCUT2D eigenvalue weighted by Crippen LogP contribution is -2.18. The Morgan fingerprint density at radius 3 is 3.00 bits per heavy atom. The molecule has 1 aliphatic carbocycles. The van der Waals surface area contributed by atoms with Gasteiger partial charge in [-0.1, -0.05) is 36.4 Å². The number of hydrogen-bond donors (Lipinski definition) is 0. The Bertz CT molecular complexity index is 380.